The Kier molecular flexibility index (Phi) is 4.31. The van der Waals surface area contributed by atoms with Gasteiger partial charge in [0.05, 0.1) is 12.5 Å². The van der Waals surface area contributed by atoms with Crippen LogP contribution >= 0.6 is 0 Å². The number of ether oxygens (including phenoxy) is 1. The van der Waals surface area contributed by atoms with Gasteiger partial charge in [0.2, 0.25) is 5.91 Å². The van der Waals surface area contributed by atoms with Gasteiger partial charge in [-0.3, -0.25) is 4.79 Å². The Hall–Kier alpha value is -1.81. The van der Waals surface area contributed by atoms with Crippen molar-refractivity contribution in [2.75, 3.05) is 26.3 Å². The molecule has 0 bridgehead atoms. The van der Waals surface area contributed by atoms with Crippen molar-refractivity contribution >= 4 is 16.8 Å². The van der Waals surface area contributed by atoms with Crippen molar-refractivity contribution in [3.63, 3.8) is 0 Å². The van der Waals surface area contributed by atoms with E-state index in [4.69, 9.17) is 4.74 Å². The van der Waals surface area contributed by atoms with Gasteiger partial charge in [-0.15, -0.1) is 0 Å². The number of carbonyl (C=O) groups is 1. The molecule has 1 aromatic heterocycles. The molecule has 2 saturated heterocycles. The van der Waals surface area contributed by atoms with Gasteiger partial charge < -0.3 is 14.6 Å². The van der Waals surface area contributed by atoms with Gasteiger partial charge in [0, 0.05) is 36.8 Å². The van der Waals surface area contributed by atoms with Crippen LogP contribution in [-0.2, 0) is 16.0 Å². The van der Waals surface area contributed by atoms with Gasteiger partial charge in [-0.05, 0) is 42.7 Å². The van der Waals surface area contributed by atoms with Crippen molar-refractivity contribution in [3.8, 4) is 0 Å². The average Bonchev–Trinajstić information content (AvgIpc) is 3.30. The molecule has 4 heteroatoms. The number of hydrogen-bond donors (Lipinski definition) is 1. The highest BCUT2D eigenvalue weighted by molar-refractivity contribution is 5.86. The van der Waals surface area contributed by atoms with E-state index >= 15 is 0 Å². The molecule has 1 amide bonds. The predicted octanol–water partition coefficient (Wildman–Crippen LogP) is 3.47. The molecule has 2 fully saturated rings. The third kappa shape index (κ3) is 2.73. The second-order valence-corrected chi connectivity index (χ2v) is 7.10. The van der Waals surface area contributed by atoms with E-state index in [0.717, 1.165) is 45.4 Å². The third-order valence-electron chi connectivity index (χ3n) is 5.74. The molecular formula is C20H26N2O2. The third-order valence-corrected chi connectivity index (χ3v) is 5.74. The minimum atomic E-state index is 0.0988. The number of H-pyrrole nitrogens is 1. The minimum Gasteiger partial charge on any atom is -0.381 e. The maximum Gasteiger partial charge on any atom is 0.228 e. The second kappa shape index (κ2) is 6.60. The number of para-hydroxylation sites is 1. The zero-order chi connectivity index (χ0) is 16.5. The molecule has 1 aromatic carbocycles. The number of likely N-dealkylation sites (tertiary alicyclic amines) is 1. The van der Waals surface area contributed by atoms with Crippen LogP contribution in [0.3, 0.4) is 0 Å². The quantitative estimate of drug-likeness (QED) is 0.938. The molecule has 3 heterocycles. The number of amides is 1. The molecule has 24 heavy (non-hydrogen) atoms. The molecule has 128 valence electrons. The molecule has 0 unspecified atom stereocenters. The number of rotatable bonds is 3. The molecule has 4 nitrogen and oxygen atoms in total. The Morgan fingerprint density at radius 2 is 2.12 bits per heavy atom. The van der Waals surface area contributed by atoms with Gasteiger partial charge in [0.1, 0.15) is 0 Å². The number of nitrogens with zero attached hydrogens (tertiary/aromatic N) is 1. The van der Waals surface area contributed by atoms with Crippen LogP contribution in [0.5, 0.6) is 0 Å². The molecule has 0 spiro atoms. The van der Waals surface area contributed by atoms with E-state index in [-0.39, 0.29) is 5.92 Å². The summed E-state index contributed by atoms with van der Waals surface area (Å²) < 4.78 is 5.37. The SMILES string of the molecule is CCc1cccc2c(C3CCN(C(=O)[C@H]4CCOC4)CC3)c[nH]c12. The fourth-order valence-electron chi connectivity index (χ4n) is 4.27. The summed E-state index contributed by atoms with van der Waals surface area (Å²) in [5, 5.41) is 1.36. The Labute approximate surface area is 143 Å². The lowest BCUT2D eigenvalue weighted by molar-refractivity contribution is -0.136. The number of piperidine rings is 1. The van der Waals surface area contributed by atoms with E-state index < -0.39 is 0 Å². The van der Waals surface area contributed by atoms with Gasteiger partial charge in [0.25, 0.3) is 0 Å². The summed E-state index contributed by atoms with van der Waals surface area (Å²) in [6, 6.07) is 6.60. The van der Waals surface area contributed by atoms with Crippen LogP contribution in [-0.4, -0.2) is 42.1 Å². The van der Waals surface area contributed by atoms with E-state index in [0.29, 0.717) is 18.4 Å². The summed E-state index contributed by atoms with van der Waals surface area (Å²) in [6.45, 7) is 5.30. The summed E-state index contributed by atoms with van der Waals surface area (Å²) in [4.78, 5) is 18.1. The number of aromatic amines is 1. The number of hydrogen-bond acceptors (Lipinski definition) is 2. The van der Waals surface area contributed by atoms with Crippen molar-refractivity contribution < 1.29 is 9.53 Å². The van der Waals surface area contributed by atoms with Crippen molar-refractivity contribution in [1.29, 1.82) is 0 Å². The smallest absolute Gasteiger partial charge is 0.228 e. The van der Waals surface area contributed by atoms with Crippen LogP contribution in [0.2, 0.25) is 0 Å². The number of aryl methyl sites for hydroxylation is 1. The summed E-state index contributed by atoms with van der Waals surface area (Å²) in [7, 11) is 0. The molecule has 0 radical (unpaired) electrons. The maximum absolute atomic E-state index is 12.5. The van der Waals surface area contributed by atoms with Crippen molar-refractivity contribution in [1.82, 2.24) is 9.88 Å². The van der Waals surface area contributed by atoms with Crippen LogP contribution < -0.4 is 0 Å². The average molecular weight is 326 g/mol. The Morgan fingerprint density at radius 1 is 1.29 bits per heavy atom. The van der Waals surface area contributed by atoms with Gasteiger partial charge >= 0.3 is 0 Å². The fourth-order valence-corrected chi connectivity index (χ4v) is 4.27. The first kappa shape index (κ1) is 15.7. The number of aromatic nitrogens is 1. The molecule has 2 aliphatic heterocycles. The number of benzene rings is 1. The zero-order valence-electron chi connectivity index (χ0n) is 14.4. The standard InChI is InChI=1S/C20H26N2O2/c1-2-14-4-3-5-17-18(12-21-19(14)17)15-6-9-22(10-7-15)20(23)16-8-11-24-13-16/h3-5,12,15-16,21H,2,6-11,13H2,1H3/t16-/m0/s1. The van der Waals surface area contributed by atoms with Crippen molar-refractivity contribution in [3.05, 3.63) is 35.5 Å². The molecule has 4 rings (SSSR count). The van der Waals surface area contributed by atoms with E-state index in [1.165, 1.54) is 22.0 Å². The van der Waals surface area contributed by atoms with Gasteiger partial charge in [-0.1, -0.05) is 25.1 Å². The highest BCUT2D eigenvalue weighted by Gasteiger charge is 2.31. The highest BCUT2D eigenvalue weighted by Crippen LogP contribution is 2.34. The van der Waals surface area contributed by atoms with Gasteiger partial charge in [-0.2, -0.15) is 0 Å². The maximum atomic E-state index is 12.5. The Morgan fingerprint density at radius 3 is 2.83 bits per heavy atom. The van der Waals surface area contributed by atoms with Crippen molar-refractivity contribution in [2.24, 2.45) is 5.92 Å². The van der Waals surface area contributed by atoms with E-state index in [2.05, 4.69) is 41.2 Å². The number of nitrogens with one attached hydrogen (secondary N) is 1. The minimum absolute atomic E-state index is 0.0988. The van der Waals surface area contributed by atoms with E-state index in [1.54, 1.807) is 0 Å². The van der Waals surface area contributed by atoms with Crippen LogP contribution in [0.15, 0.2) is 24.4 Å². The summed E-state index contributed by atoms with van der Waals surface area (Å²) >= 11 is 0. The second-order valence-electron chi connectivity index (χ2n) is 7.10. The van der Waals surface area contributed by atoms with Gasteiger partial charge in [0.15, 0.2) is 0 Å². The number of fused-ring (bicyclic) bond motifs is 1. The molecule has 1 atom stereocenters. The van der Waals surface area contributed by atoms with Crippen LogP contribution in [0.1, 0.15) is 43.2 Å². The summed E-state index contributed by atoms with van der Waals surface area (Å²) in [6.07, 6.45) is 6.25. The highest BCUT2D eigenvalue weighted by atomic mass is 16.5. The molecule has 0 saturated carbocycles. The topological polar surface area (TPSA) is 45.3 Å². The molecule has 2 aliphatic rings. The first-order valence-electron chi connectivity index (χ1n) is 9.23. The summed E-state index contributed by atoms with van der Waals surface area (Å²) in [5.74, 6) is 0.953. The molecular weight excluding hydrogens is 300 g/mol. The Bertz CT molecular complexity index is 722. The zero-order valence-corrected chi connectivity index (χ0v) is 14.4. The lowest BCUT2D eigenvalue weighted by Gasteiger charge is -2.33. The normalized spacial score (nSPS) is 22.4. The molecule has 1 N–H and O–H groups in total. The first-order chi connectivity index (χ1) is 11.8. The van der Waals surface area contributed by atoms with Crippen LogP contribution in [0.4, 0.5) is 0 Å². The van der Waals surface area contributed by atoms with Crippen molar-refractivity contribution in [2.45, 2.75) is 38.5 Å². The van der Waals surface area contributed by atoms with Gasteiger partial charge in [-0.25, -0.2) is 0 Å². The number of carbonyl (C=O) groups excluding carboxylic acids is 1. The predicted molar refractivity (Wildman–Crippen MR) is 95.2 cm³/mol. The van der Waals surface area contributed by atoms with Crippen LogP contribution in [0, 0.1) is 5.92 Å². The fraction of sp³-hybridized carbons (Fsp3) is 0.550. The van der Waals surface area contributed by atoms with E-state index in [9.17, 15) is 4.79 Å². The van der Waals surface area contributed by atoms with E-state index in [1.807, 2.05) is 0 Å². The largest absolute Gasteiger partial charge is 0.381 e. The lowest BCUT2D eigenvalue weighted by atomic mass is 9.88. The summed E-state index contributed by atoms with van der Waals surface area (Å²) in [5.41, 5.74) is 4.10. The monoisotopic (exact) mass is 326 g/mol. The molecule has 2 aromatic rings. The lowest BCUT2D eigenvalue weighted by Crippen LogP contribution is -2.41. The molecule has 0 aliphatic carbocycles. The van der Waals surface area contributed by atoms with Crippen LogP contribution in [0.25, 0.3) is 10.9 Å². The Balaban J connectivity index is 1.47. The first-order valence-corrected chi connectivity index (χ1v) is 9.23.